The first-order chi connectivity index (χ1) is 24.1. The van der Waals surface area contributed by atoms with E-state index in [1.807, 2.05) is 13.0 Å². The van der Waals surface area contributed by atoms with Crippen molar-refractivity contribution in [3.63, 3.8) is 0 Å². The maximum Gasteiger partial charge on any atom is 0.329 e. The van der Waals surface area contributed by atoms with Gasteiger partial charge in [-0.15, -0.1) is 18.3 Å². The number of rotatable bonds is 6. The molecule has 0 radical (unpaired) electrons. The number of cyclic esters (lactones) is 1. The third-order valence-corrected chi connectivity index (χ3v) is 11.9. The number of piperazine rings is 1. The number of nitrogens with one attached hydrogen (secondary N) is 1. The molecule has 4 bridgehead atoms. The van der Waals surface area contributed by atoms with Crippen LogP contribution in [-0.2, 0) is 25.5 Å². The lowest BCUT2D eigenvalue weighted by molar-refractivity contribution is -0.153. The lowest BCUT2D eigenvalue weighted by Gasteiger charge is -2.62. The fraction of sp³-hybridized carbons (Fsp3) is 0.500. The Morgan fingerprint density at radius 3 is 2.64 bits per heavy atom. The van der Waals surface area contributed by atoms with Gasteiger partial charge in [-0.25, -0.2) is 4.79 Å². The van der Waals surface area contributed by atoms with E-state index >= 15 is 0 Å². The summed E-state index contributed by atoms with van der Waals surface area (Å²) in [5, 5.41) is 25.3. The van der Waals surface area contributed by atoms with E-state index in [2.05, 4.69) is 27.8 Å². The summed E-state index contributed by atoms with van der Waals surface area (Å²) in [6, 6.07) is 0.821. The first-order valence-corrected chi connectivity index (χ1v) is 17.8. The Labute approximate surface area is 294 Å². The maximum absolute atomic E-state index is 13.6. The summed E-state index contributed by atoms with van der Waals surface area (Å²) in [6.07, 6.45) is 2.44. The average molecular weight is 705 g/mol. The van der Waals surface area contributed by atoms with E-state index in [1.54, 1.807) is 19.9 Å². The van der Waals surface area contributed by atoms with E-state index in [1.165, 1.54) is 25.8 Å². The van der Waals surface area contributed by atoms with Crippen LogP contribution in [0, 0.1) is 25.2 Å². The topological polar surface area (TPSA) is 160 Å². The van der Waals surface area contributed by atoms with E-state index in [9.17, 15) is 24.8 Å². The smallest absolute Gasteiger partial charge is 0.329 e. The Morgan fingerprint density at radius 1 is 1.20 bits per heavy atom. The van der Waals surface area contributed by atoms with Crippen LogP contribution in [0.1, 0.15) is 71.0 Å². The second kappa shape index (κ2) is 13.0. The minimum absolute atomic E-state index is 0.0233. The molecular formula is C36H40N4O9S. The number of esters is 2. The Bertz CT molecular complexity index is 1840. The van der Waals surface area contributed by atoms with E-state index in [0.717, 1.165) is 11.1 Å². The van der Waals surface area contributed by atoms with Crippen LogP contribution in [0.4, 0.5) is 0 Å². The highest BCUT2D eigenvalue weighted by Crippen LogP contribution is 2.64. The molecule has 5 aliphatic heterocycles. The van der Waals surface area contributed by atoms with E-state index in [0.29, 0.717) is 58.2 Å². The Hall–Kier alpha value is -4.45. The molecule has 264 valence electrons. The lowest BCUT2D eigenvalue weighted by Crippen LogP contribution is -2.70. The number of aryl methyl sites for hydroxylation is 1. The second-order valence-electron chi connectivity index (χ2n) is 13.2. The van der Waals surface area contributed by atoms with Crippen LogP contribution < -0.4 is 24.3 Å². The molecule has 2 saturated heterocycles. The number of thioether (sulfide) groups is 1. The number of nitriles is 1. The summed E-state index contributed by atoms with van der Waals surface area (Å²) in [5.41, 5.74) is 4.23. The summed E-state index contributed by atoms with van der Waals surface area (Å²) in [6.45, 7) is 10.9. The standard InChI is InChI=1S/C36H40N4O9S/c1-7-9-39-21-11-19-10-16(3)31(45-6)30(43)25(19)28(39)29-35-27-26(34-33(47-15-48-34)17(4)32(27)49-18(5)41)23(40(29)22(21)12-37)13-46-36(44)20(14-50-35)38-24(42)8-2/h7,10,20-23,28-29,35,43H,1,8-9,11,13-15H2,2-6H3,(H,38,42)/t20?,21-,22+,23-,28-,29?,35-/m1/s1. The molecule has 14 heteroatoms. The highest BCUT2D eigenvalue weighted by Gasteiger charge is 2.61. The molecule has 7 rings (SSSR count). The van der Waals surface area contributed by atoms with Crippen molar-refractivity contribution in [2.24, 2.45) is 0 Å². The molecule has 2 unspecified atom stereocenters. The molecule has 2 N–H and O–H groups in total. The van der Waals surface area contributed by atoms with Crippen molar-refractivity contribution in [1.82, 2.24) is 15.1 Å². The van der Waals surface area contributed by atoms with Crippen LogP contribution in [0.5, 0.6) is 28.7 Å². The van der Waals surface area contributed by atoms with Crippen molar-refractivity contribution < 1.29 is 43.2 Å². The SMILES string of the molecule is C=CCN1[C@@H]2c3c(cc(C)c(OC)c3O)C[C@@H]1[C@H](C#N)N1C2[C@@H]2SCC(NC(=O)CC)C(=O)OC[C@@H]1c1c3c(c(C)c(OC(C)=O)c12)OCO3. The van der Waals surface area contributed by atoms with Crippen LogP contribution in [0.15, 0.2) is 18.7 Å². The first kappa shape index (κ1) is 34.0. The normalized spacial score (nSPS) is 27.9. The number of phenols is 1. The fourth-order valence-electron chi connectivity index (χ4n) is 8.61. The first-order valence-electron chi connectivity index (χ1n) is 16.7. The predicted octanol–water partition coefficient (Wildman–Crippen LogP) is 3.68. The van der Waals surface area contributed by atoms with Crippen LogP contribution in [0.25, 0.3) is 0 Å². The van der Waals surface area contributed by atoms with Gasteiger partial charge in [0, 0.05) is 60.0 Å². The molecule has 13 nitrogen and oxygen atoms in total. The molecule has 50 heavy (non-hydrogen) atoms. The molecule has 2 fully saturated rings. The summed E-state index contributed by atoms with van der Waals surface area (Å²) in [5.74, 6) is 0.266. The van der Waals surface area contributed by atoms with Crippen LogP contribution in [0.2, 0.25) is 0 Å². The fourth-order valence-corrected chi connectivity index (χ4v) is 10.1. The Morgan fingerprint density at radius 2 is 1.96 bits per heavy atom. The van der Waals surface area contributed by atoms with E-state index < -0.39 is 47.4 Å². The minimum Gasteiger partial charge on any atom is -0.504 e. The van der Waals surface area contributed by atoms with Crippen molar-refractivity contribution in [3.8, 4) is 34.8 Å². The van der Waals surface area contributed by atoms with Gasteiger partial charge in [-0.2, -0.15) is 5.26 Å². The summed E-state index contributed by atoms with van der Waals surface area (Å²) in [7, 11) is 1.52. The van der Waals surface area contributed by atoms with Gasteiger partial charge in [-0.1, -0.05) is 19.1 Å². The van der Waals surface area contributed by atoms with Crippen molar-refractivity contribution in [2.45, 2.75) is 82.0 Å². The zero-order valence-electron chi connectivity index (χ0n) is 28.6. The number of benzene rings is 2. The third kappa shape index (κ3) is 5.08. The maximum atomic E-state index is 13.6. The molecule has 2 aromatic rings. The van der Waals surface area contributed by atoms with Crippen LogP contribution >= 0.6 is 11.8 Å². The monoisotopic (exact) mass is 704 g/mol. The van der Waals surface area contributed by atoms with E-state index in [4.69, 9.17) is 23.7 Å². The molecule has 5 aliphatic rings. The zero-order valence-corrected chi connectivity index (χ0v) is 29.4. The Kier molecular flexibility index (Phi) is 8.86. The number of carbonyl (C=O) groups is 3. The van der Waals surface area contributed by atoms with Gasteiger partial charge in [0.1, 0.15) is 24.4 Å². The number of hydrogen-bond donors (Lipinski definition) is 2. The van der Waals surface area contributed by atoms with Gasteiger partial charge in [0.15, 0.2) is 23.0 Å². The van der Waals surface area contributed by atoms with Gasteiger partial charge >= 0.3 is 11.9 Å². The largest absolute Gasteiger partial charge is 0.504 e. The average Bonchev–Trinajstić information content (AvgIpc) is 3.58. The van der Waals surface area contributed by atoms with Crippen molar-refractivity contribution in [2.75, 3.05) is 32.8 Å². The van der Waals surface area contributed by atoms with E-state index in [-0.39, 0.29) is 43.3 Å². The van der Waals surface area contributed by atoms with Gasteiger partial charge in [0.25, 0.3) is 0 Å². The van der Waals surface area contributed by atoms with Gasteiger partial charge in [0.2, 0.25) is 12.7 Å². The highest BCUT2D eigenvalue weighted by atomic mass is 32.2. The van der Waals surface area contributed by atoms with Gasteiger partial charge in [-0.05, 0) is 31.4 Å². The van der Waals surface area contributed by atoms with Gasteiger partial charge in [-0.3, -0.25) is 19.4 Å². The number of ether oxygens (including phenoxy) is 5. The number of carbonyl (C=O) groups excluding carboxylic acids is 3. The summed E-state index contributed by atoms with van der Waals surface area (Å²) >= 11 is 1.40. The number of hydrogen-bond acceptors (Lipinski definition) is 13. The number of fused-ring (bicyclic) bond motifs is 9. The van der Waals surface area contributed by atoms with Gasteiger partial charge < -0.3 is 34.1 Å². The van der Waals surface area contributed by atoms with Gasteiger partial charge in [0.05, 0.1) is 30.5 Å². The number of amides is 1. The van der Waals surface area contributed by atoms with Crippen molar-refractivity contribution in [3.05, 3.63) is 52.1 Å². The number of nitrogens with zero attached hydrogens (tertiary/aromatic N) is 3. The highest BCUT2D eigenvalue weighted by molar-refractivity contribution is 7.99. The molecule has 2 aromatic carbocycles. The molecule has 0 saturated carbocycles. The van der Waals surface area contributed by atoms with Crippen molar-refractivity contribution >= 4 is 29.6 Å². The lowest BCUT2D eigenvalue weighted by atomic mass is 9.71. The summed E-state index contributed by atoms with van der Waals surface area (Å²) < 4.78 is 29.8. The molecule has 0 aliphatic carbocycles. The van der Waals surface area contributed by atoms with Crippen LogP contribution in [0.3, 0.4) is 0 Å². The third-order valence-electron chi connectivity index (χ3n) is 10.5. The molecule has 0 aromatic heterocycles. The number of aromatic hydroxyl groups is 1. The second-order valence-corrected chi connectivity index (χ2v) is 14.3. The molecule has 5 heterocycles. The molecule has 7 atom stereocenters. The Balaban J connectivity index is 1.55. The minimum atomic E-state index is -0.960. The molecule has 1 amide bonds. The quantitative estimate of drug-likeness (QED) is 0.255. The van der Waals surface area contributed by atoms with Crippen molar-refractivity contribution in [1.29, 1.82) is 5.26 Å². The summed E-state index contributed by atoms with van der Waals surface area (Å²) in [4.78, 5) is 43.3. The number of phenolic OH excluding ortho intramolecular Hbond substituents is 1. The number of methoxy groups -OCH3 is 1. The molecular weight excluding hydrogens is 664 g/mol. The van der Waals surface area contributed by atoms with Crippen LogP contribution in [-0.4, -0.2) is 89.7 Å². The molecule has 0 spiro atoms. The zero-order chi connectivity index (χ0) is 35.6. The predicted molar refractivity (Wildman–Crippen MR) is 181 cm³/mol.